The van der Waals surface area contributed by atoms with E-state index in [2.05, 4.69) is 5.32 Å². The van der Waals surface area contributed by atoms with Crippen LogP contribution >= 0.6 is 0 Å². The first-order valence-corrected chi connectivity index (χ1v) is 5.71. The molecule has 96 valence electrons. The lowest BCUT2D eigenvalue weighted by Crippen LogP contribution is -2.55. The molecule has 1 aliphatic heterocycles. The van der Waals surface area contributed by atoms with Gasteiger partial charge in [0.2, 0.25) is 11.8 Å². The molecule has 0 aromatic heterocycles. The topological polar surface area (TPSA) is 86.7 Å². The zero-order valence-electron chi connectivity index (χ0n) is 10.3. The van der Waals surface area contributed by atoms with Crippen LogP contribution in [0.5, 0.6) is 0 Å². The van der Waals surface area contributed by atoms with Gasteiger partial charge >= 0.3 is 5.97 Å². The number of carbonyl (C=O) groups is 3. The van der Waals surface area contributed by atoms with E-state index in [1.807, 2.05) is 0 Å². The minimum absolute atomic E-state index is 0.0372. The van der Waals surface area contributed by atoms with Crippen LogP contribution in [0.2, 0.25) is 0 Å². The second kappa shape index (κ2) is 4.83. The summed E-state index contributed by atoms with van der Waals surface area (Å²) in [4.78, 5) is 35.6. The van der Waals surface area contributed by atoms with Gasteiger partial charge in [-0.15, -0.1) is 0 Å². The van der Waals surface area contributed by atoms with E-state index in [9.17, 15) is 14.4 Å². The first kappa shape index (κ1) is 13.6. The van der Waals surface area contributed by atoms with Crippen molar-refractivity contribution < 1.29 is 19.5 Å². The van der Waals surface area contributed by atoms with Gasteiger partial charge in [-0.1, -0.05) is 6.92 Å². The Morgan fingerprint density at radius 3 is 2.47 bits per heavy atom. The van der Waals surface area contributed by atoms with Crippen LogP contribution < -0.4 is 5.32 Å². The molecule has 0 spiro atoms. The molecule has 1 heterocycles. The summed E-state index contributed by atoms with van der Waals surface area (Å²) in [6, 6.07) is -0.719. The number of amides is 2. The van der Waals surface area contributed by atoms with Crippen LogP contribution in [0.4, 0.5) is 0 Å². The number of likely N-dealkylation sites (tertiary alicyclic amines) is 1. The number of hydrogen-bond acceptors (Lipinski definition) is 4. The molecule has 0 aliphatic carbocycles. The maximum absolute atomic E-state index is 11.8. The Bertz CT molecular complexity index is 355. The summed E-state index contributed by atoms with van der Waals surface area (Å²) < 4.78 is 0. The number of likely N-dealkylation sites (N-methyl/N-ethyl adjacent to an activating group) is 1. The number of imide groups is 1. The van der Waals surface area contributed by atoms with E-state index in [1.165, 1.54) is 6.92 Å². The average molecular weight is 242 g/mol. The number of carboxylic acid groups (broad SMARTS) is 1. The predicted octanol–water partition coefficient (Wildman–Crippen LogP) is -0.0233. The smallest absolute Gasteiger partial charge is 0.323 e. The predicted molar refractivity (Wildman–Crippen MR) is 60.3 cm³/mol. The fourth-order valence-corrected chi connectivity index (χ4v) is 1.83. The van der Waals surface area contributed by atoms with E-state index in [0.717, 1.165) is 4.90 Å². The maximum atomic E-state index is 11.8. The van der Waals surface area contributed by atoms with Crippen LogP contribution in [0.3, 0.4) is 0 Å². The van der Waals surface area contributed by atoms with Gasteiger partial charge in [0.1, 0.15) is 5.54 Å². The van der Waals surface area contributed by atoms with Crippen molar-refractivity contribution in [1.29, 1.82) is 0 Å². The van der Waals surface area contributed by atoms with Crippen molar-refractivity contribution in [3.63, 3.8) is 0 Å². The normalized spacial score (nSPS) is 23.9. The molecule has 6 nitrogen and oxygen atoms in total. The summed E-state index contributed by atoms with van der Waals surface area (Å²) >= 11 is 0. The molecular formula is C11H18N2O4. The Balaban J connectivity index is 2.80. The number of nitrogens with zero attached hydrogens (tertiary/aromatic N) is 1. The zero-order valence-corrected chi connectivity index (χ0v) is 10.3. The van der Waals surface area contributed by atoms with Crippen molar-refractivity contribution >= 4 is 17.8 Å². The molecule has 2 unspecified atom stereocenters. The fourth-order valence-electron chi connectivity index (χ4n) is 1.83. The van der Waals surface area contributed by atoms with Gasteiger partial charge in [0, 0.05) is 6.54 Å². The van der Waals surface area contributed by atoms with Crippen molar-refractivity contribution in [2.45, 2.75) is 45.2 Å². The van der Waals surface area contributed by atoms with Crippen LogP contribution in [0, 0.1) is 0 Å². The molecule has 0 aromatic rings. The summed E-state index contributed by atoms with van der Waals surface area (Å²) in [5.41, 5.74) is -1.18. The van der Waals surface area contributed by atoms with Crippen molar-refractivity contribution in [3.8, 4) is 0 Å². The van der Waals surface area contributed by atoms with Gasteiger partial charge in [-0.2, -0.15) is 0 Å². The van der Waals surface area contributed by atoms with Gasteiger partial charge in [0.15, 0.2) is 0 Å². The molecular weight excluding hydrogens is 224 g/mol. The van der Waals surface area contributed by atoms with Crippen molar-refractivity contribution in [2.75, 3.05) is 6.54 Å². The fraction of sp³-hybridized carbons (Fsp3) is 0.727. The average Bonchev–Trinajstić information content (AvgIpc) is 2.53. The van der Waals surface area contributed by atoms with Crippen LogP contribution in [-0.2, 0) is 14.4 Å². The minimum atomic E-state index is -1.18. The molecule has 1 saturated heterocycles. The van der Waals surface area contributed by atoms with E-state index in [-0.39, 0.29) is 18.2 Å². The van der Waals surface area contributed by atoms with Crippen LogP contribution in [0.15, 0.2) is 0 Å². The van der Waals surface area contributed by atoms with E-state index in [4.69, 9.17) is 5.11 Å². The quantitative estimate of drug-likeness (QED) is 0.661. The van der Waals surface area contributed by atoms with Gasteiger partial charge in [-0.25, -0.2) is 0 Å². The van der Waals surface area contributed by atoms with E-state index in [1.54, 1.807) is 13.8 Å². The van der Waals surface area contributed by atoms with Gasteiger partial charge in [-0.3, -0.25) is 24.6 Å². The lowest BCUT2D eigenvalue weighted by atomic mass is 9.97. The van der Waals surface area contributed by atoms with Gasteiger partial charge in [0.05, 0.1) is 12.5 Å². The molecule has 2 N–H and O–H groups in total. The largest absolute Gasteiger partial charge is 0.480 e. The standard InChI is InChI=1S/C11H18N2O4/c1-4-11(3,10(16)17)12-7-6-8(14)13(5-2)9(7)15/h7,12H,4-6H2,1-3H3,(H,16,17). The van der Waals surface area contributed by atoms with Crippen LogP contribution in [0.1, 0.15) is 33.6 Å². The number of carboxylic acids is 1. The molecule has 0 saturated carbocycles. The first-order chi connectivity index (χ1) is 7.85. The molecule has 0 radical (unpaired) electrons. The lowest BCUT2D eigenvalue weighted by Gasteiger charge is -2.27. The highest BCUT2D eigenvalue weighted by Crippen LogP contribution is 2.18. The molecule has 0 aromatic carbocycles. The number of carbonyl (C=O) groups excluding carboxylic acids is 2. The number of nitrogens with one attached hydrogen (secondary N) is 1. The molecule has 1 aliphatic rings. The monoisotopic (exact) mass is 242 g/mol. The Morgan fingerprint density at radius 1 is 1.53 bits per heavy atom. The van der Waals surface area contributed by atoms with Gasteiger partial charge in [0.25, 0.3) is 0 Å². The number of hydrogen-bond donors (Lipinski definition) is 2. The minimum Gasteiger partial charge on any atom is -0.480 e. The third-order valence-electron chi connectivity index (χ3n) is 3.23. The lowest BCUT2D eigenvalue weighted by molar-refractivity contribution is -0.145. The van der Waals surface area contributed by atoms with E-state index >= 15 is 0 Å². The highest BCUT2D eigenvalue weighted by molar-refractivity contribution is 6.05. The highest BCUT2D eigenvalue weighted by atomic mass is 16.4. The SMILES string of the molecule is CCN1C(=O)CC(NC(C)(CC)C(=O)O)C1=O. The second-order valence-corrected chi connectivity index (χ2v) is 4.37. The van der Waals surface area contributed by atoms with Crippen molar-refractivity contribution in [2.24, 2.45) is 0 Å². The third-order valence-corrected chi connectivity index (χ3v) is 3.23. The first-order valence-electron chi connectivity index (χ1n) is 5.71. The number of rotatable bonds is 5. The summed E-state index contributed by atoms with van der Waals surface area (Å²) in [7, 11) is 0. The van der Waals surface area contributed by atoms with Crippen molar-refractivity contribution in [1.82, 2.24) is 10.2 Å². The van der Waals surface area contributed by atoms with Gasteiger partial charge in [-0.05, 0) is 20.3 Å². The Hall–Kier alpha value is -1.43. The van der Waals surface area contributed by atoms with Gasteiger partial charge < -0.3 is 5.11 Å². The molecule has 17 heavy (non-hydrogen) atoms. The molecule has 2 amide bonds. The van der Waals surface area contributed by atoms with Crippen LogP contribution in [0.25, 0.3) is 0 Å². The Kier molecular flexibility index (Phi) is 3.87. The number of aliphatic carboxylic acids is 1. The Morgan fingerprint density at radius 2 is 2.12 bits per heavy atom. The summed E-state index contributed by atoms with van der Waals surface area (Å²) in [6.07, 6.45) is 0.377. The van der Waals surface area contributed by atoms with Crippen molar-refractivity contribution in [3.05, 3.63) is 0 Å². The maximum Gasteiger partial charge on any atom is 0.323 e. The van der Waals surface area contributed by atoms with Crippen LogP contribution in [-0.4, -0.2) is 45.9 Å². The van der Waals surface area contributed by atoms with E-state index in [0.29, 0.717) is 13.0 Å². The summed E-state index contributed by atoms with van der Waals surface area (Å²) in [5.74, 6) is -1.60. The third kappa shape index (κ3) is 2.46. The highest BCUT2D eigenvalue weighted by Gasteiger charge is 2.43. The molecule has 0 bridgehead atoms. The molecule has 1 rings (SSSR count). The second-order valence-electron chi connectivity index (χ2n) is 4.37. The van der Waals surface area contributed by atoms with E-state index < -0.39 is 17.6 Å². The summed E-state index contributed by atoms with van der Waals surface area (Å²) in [5, 5.41) is 11.9. The molecule has 2 atom stereocenters. The molecule has 6 heteroatoms. The summed E-state index contributed by atoms with van der Waals surface area (Å²) in [6.45, 7) is 5.28. The zero-order chi connectivity index (χ0) is 13.2. The molecule has 1 fully saturated rings. The Labute approximate surface area is 100.0 Å².